The molecule has 0 aromatic rings. The van der Waals surface area contributed by atoms with Gasteiger partial charge in [-0.15, -0.1) is 9.93 Å². The minimum absolute atomic E-state index is 0.0869. The van der Waals surface area contributed by atoms with Crippen molar-refractivity contribution in [3.05, 3.63) is 0 Å². The fraction of sp³-hybridized carbons (Fsp3) is 1.00. The Morgan fingerprint density at radius 1 is 1.06 bits per heavy atom. The van der Waals surface area contributed by atoms with E-state index in [9.17, 15) is 4.21 Å². The van der Waals surface area contributed by atoms with Crippen molar-refractivity contribution in [2.24, 2.45) is 5.73 Å². The summed E-state index contributed by atoms with van der Waals surface area (Å²) in [5.41, 5.74) is 5.96. The second-order valence-electron chi connectivity index (χ2n) is 6.94. The Morgan fingerprint density at radius 3 is 2.00 bits per heavy atom. The number of hydrogen-bond donors (Lipinski definition) is 2. The second-order valence-corrected chi connectivity index (χ2v) is 10.7. The number of hydrogen-bond acceptors (Lipinski definition) is 2. The monoisotopic (exact) mass is 277 g/mol. The molecule has 0 radical (unpaired) electrons. The summed E-state index contributed by atoms with van der Waals surface area (Å²) < 4.78 is 13.0. The second kappa shape index (κ2) is 7.04. The van der Waals surface area contributed by atoms with Crippen molar-refractivity contribution in [3.63, 3.8) is 0 Å². The Morgan fingerprint density at radius 2 is 1.61 bits per heavy atom. The lowest BCUT2D eigenvalue weighted by Gasteiger charge is -2.44. The summed E-state index contributed by atoms with van der Waals surface area (Å²) in [7, 11) is -2.13. The molecule has 0 aliphatic heterocycles. The summed E-state index contributed by atoms with van der Waals surface area (Å²) >= 11 is 0. The lowest BCUT2D eigenvalue weighted by Crippen LogP contribution is -2.50. The minimum Gasteiger partial charge on any atom is -0.326 e. The van der Waals surface area contributed by atoms with Gasteiger partial charge in [0.25, 0.3) is 0 Å². The van der Waals surface area contributed by atoms with Gasteiger partial charge in [-0.3, -0.25) is 4.21 Å². The Balaban J connectivity index is 4.96. The van der Waals surface area contributed by atoms with Crippen molar-refractivity contribution in [1.82, 2.24) is 0 Å². The quantitative estimate of drug-likeness (QED) is 0.500. The van der Waals surface area contributed by atoms with Crippen molar-refractivity contribution < 1.29 is 4.21 Å². The standard InChI is InChI=1S/C15H35NOS/c1-7-9-10-11-15(5,13-14(3,4)16)18(6,17)12-8-2/h18H,7-13,16H2,1-6H3. The fourth-order valence-corrected chi connectivity index (χ4v) is 5.69. The molecule has 0 heterocycles. The van der Waals surface area contributed by atoms with E-state index in [1.54, 1.807) is 0 Å². The molecule has 0 amide bonds. The Bertz CT molecular complexity index is 283. The molecular formula is C15H35NOS. The fourth-order valence-electron chi connectivity index (χ4n) is 2.93. The van der Waals surface area contributed by atoms with Crippen LogP contribution in [-0.4, -0.2) is 26.5 Å². The largest absolute Gasteiger partial charge is 0.326 e. The smallest absolute Gasteiger partial charge is 0.0225 e. The van der Waals surface area contributed by atoms with E-state index in [0.29, 0.717) is 0 Å². The zero-order chi connectivity index (χ0) is 14.4. The molecule has 0 saturated carbocycles. The lowest BCUT2D eigenvalue weighted by molar-refractivity contribution is 0.374. The molecule has 0 aromatic heterocycles. The topological polar surface area (TPSA) is 43.1 Å². The first kappa shape index (κ1) is 18.1. The summed E-state index contributed by atoms with van der Waals surface area (Å²) in [6.07, 6.45) is 8.52. The minimum atomic E-state index is -2.13. The number of thiol groups is 1. The zero-order valence-electron chi connectivity index (χ0n) is 13.4. The summed E-state index contributed by atoms with van der Waals surface area (Å²) in [5, 5.41) is 0. The van der Waals surface area contributed by atoms with Crippen molar-refractivity contribution in [1.29, 1.82) is 0 Å². The van der Waals surface area contributed by atoms with Crippen molar-refractivity contribution in [3.8, 4) is 0 Å². The third kappa shape index (κ3) is 5.83. The van der Waals surface area contributed by atoms with E-state index in [0.717, 1.165) is 25.0 Å². The third-order valence-corrected chi connectivity index (χ3v) is 7.91. The molecule has 3 heteroatoms. The van der Waals surface area contributed by atoms with Crippen LogP contribution in [0.15, 0.2) is 0 Å². The van der Waals surface area contributed by atoms with Gasteiger partial charge in [-0.1, -0.05) is 33.1 Å². The normalized spacial score (nSPS) is 17.5. The van der Waals surface area contributed by atoms with Gasteiger partial charge in [0.15, 0.2) is 0 Å². The van der Waals surface area contributed by atoms with Crippen molar-refractivity contribution >= 4 is 9.93 Å². The molecular weight excluding hydrogens is 242 g/mol. The highest BCUT2D eigenvalue weighted by atomic mass is 32.2. The van der Waals surface area contributed by atoms with Crippen LogP contribution in [0, 0.1) is 0 Å². The van der Waals surface area contributed by atoms with Crippen LogP contribution in [0.2, 0.25) is 0 Å². The molecule has 0 aromatic carbocycles. The highest BCUT2D eigenvalue weighted by molar-refractivity contribution is 8.03. The molecule has 0 rings (SSSR count). The molecule has 2 nitrogen and oxygen atoms in total. The van der Waals surface area contributed by atoms with E-state index in [2.05, 4.69) is 34.6 Å². The van der Waals surface area contributed by atoms with E-state index < -0.39 is 9.93 Å². The molecule has 0 bridgehead atoms. The number of nitrogens with two attached hydrogens (primary N) is 1. The predicted molar refractivity (Wildman–Crippen MR) is 86.0 cm³/mol. The first-order chi connectivity index (χ1) is 8.08. The van der Waals surface area contributed by atoms with Crippen LogP contribution >= 0.6 is 0 Å². The van der Waals surface area contributed by atoms with E-state index in [4.69, 9.17) is 5.73 Å². The summed E-state index contributed by atoms with van der Waals surface area (Å²) in [6.45, 7) is 10.6. The molecule has 2 N–H and O–H groups in total. The third-order valence-electron chi connectivity index (χ3n) is 3.95. The van der Waals surface area contributed by atoms with Gasteiger partial charge in [0.1, 0.15) is 0 Å². The molecule has 1 unspecified atom stereocenters. The van der Waals surface area contributed by atoms with Gasteiger partial charge in [-0.2, -0.15) is 0 Å². The highest BCUT2D eigenvalue weighted by Crippen LogP contribution is 2.36. The van der Waals surface area contributed by atoms with Crippen LogP contribution in [0.1, 0.15) is 73.1 Å². The van der Waals surface area contributed by atoms with Crippen molar-refractivity contribution in [2.75, 3.05) is 12.0 Å². The molecule has 18 heavy (non-hydrogen) atoms. The lowest BCUT2D eigenvalue weighted by atomic mass is 9.88. The van der Waals surface area contributed by atoms with Gasteiger partial charge in [0, 0.05) is 16.0 Å². The first-order valence-electron chi connectivity index (χ1n) is 7.43. The number of rotatable bonds is 9. The number of unbranched alkanes of at least 4 members (excludes halogenated alkanes) is 2. The van der Waals surface area contributed by atoms with E-state index in [-0.39, 0.29) is 10.3 Å². The SMILES string of the molecule is CCCCCC(C)(CC(C)(C)N)[SH](C)(=O)CCC. The molecule has 112 valence electrons. The van der Waals surface area contributed by atoms with Gasteiger partial charge < -0.3 is 5.73 Å². The maximum atomic E-state index is 13.1. The average Bonchev–Trinajstić information content (AvgIpc) is 2.14. The van der Waals surface area contributed by atoms with Crippen LogP contribution in [0.3, 0.4) is 0 Å². The highest BCUT2D eigenvalue weighted by Gasteiger charge is 2.38. The van der Waals surface area contributed by atoms with Gasteiger partial charge >= 0.3 is 0 Å². The Labute approximate surface area is 116 Å². The predicted octanol–water partition coefficient (Wildman–Crippen LogP) is 3.51. The first-order valence-corrected chi connectivity index (χ1v) is 9.77. The van der Waals surface area contributed by atoms with Crippen LogP contribution in [-0.2, 0) is 9.93 Å². The maximum absolute atomic E-state index is 13.1. The Hall–Kier alpha value is 0.110. The molecule has 0 aliphatic carbocycles. The van der Waals surface area contributed by atoms with Crippen molar-refractivity contribution in [2.45, 2.75) is 83.4 Å². The summed E-state index contributed by atoms with van der Waals surface area (Å²) in [5.74, 6) is 0.853. The van der Waals surface area contributed by atoms with Crippen LogP contribution < -0.4 is 5.73 Å². The molecule has 0 aliphatic rings. The average molecular weight is 278 g/mol. The van der Waals surface area contributed by atoms with Gasteiger partial charge in [0.2, 0.25) is 0 Å². The molecule has 0 saturated heterocycles. The van der Waals surface area contributed by atoms with E-state index >= 15 is 0 Å². The van der Waals surface area contributed by atoms with Gasteiger partial charge in [0.05, 0.1) is 0 Å². The van der Waals surface area contributed by atoms with E-state index in [1.807, 2.05) is 6.26 Å². The Kier molecular flexibility index (Phi) is 7.09. The van der Waals surface area contributed by atoms with Crippen LogP contribution in [0.4, 0.5) is 0 Å². The molecule has 0 fully saturated rings. The van der Waals surface area contributed by atoms with E-state index in [1.165, 1.54) is 19.3 Å². The van der Waals surface area contributed by atoms with Gasteiger partial charge in [-0.25, -0.2) is 0 Å². The zero-order valence-corrected chi connectivity index (χ0v) is 14.3. The summed E-state index contributed by atoms with van der Waals surface area (Å²) in [6, 6.07) is 0. The van der Waals surface area contributed by atoms with Crippen LogP contribution in [0.5, 0.6) is 0 Å². The summed E-state index contributed by atoms with van der Waals surface area (Å²) in [4.78, 5) is 0. The van der Waals surface area contributed by atoms with Crippen LogP contribution in [0.25, 0.3) is 0 Å². The van der Waals surface area contributed by atoms with Gasteiger partial charge in [-0.05, 0) is 46.3 Å². The maximum Gasteiger partial charge on any atom is 0.0225 e. The molecule has 0 spiro atoms. The molecule has 1 atom stereocenters.